The van der Waals surface area contributed by atoms with E-state index < -0.39 is 69.6 Å². The zero-order valence-corrected chi connectivity index (χ0v) is 33.5. The molecule has 0 unspecified atom stereocenters. The number of benzene rings is 7. The number of hydrogen-bond donors (Lipinski definition) is 4. The van der Waals surface area contributed by atoms with Gasteiger partial charge in [0.05, 0.1) is 33.4 Å². The summed E-state index contributed by atoms with van der Waals surface area (Å²) >= 11 is 0. The number of carbonyl (C=O) groups is 4. The quantitative estimate of drug-likeness (QED) is 0.0870. The van der Waals surface area contributed by atoms with Crippen molar-refractivity contribution in [2.45, 2.75) is 12.4 Å². The Morgan fingerprint density at radius 1 is 0.333 bits per heavy atom. The van der Waals surface area contributed by atoms with Crippen molar-refractivity contribution >= 4 is 23.9 Å². The predicted octanol–water partition coefficient (Wildman–Crippen LogP) is 12.0. The van der Waals surface area contributed by atoms with Gasteiger partial charge in [-0.25, -0.2) is 19.2 Å². The maximum atomic E-state index is 14.7. The molecule has 0 aliphatic carbocycles. The van der Waals surface area contributed by atoms with Gasteiger partial charge in [-0.05, 0) is 117 Å². The third kappa shape index (κ3) is 9.99. The van der Waals surface area contributed by atoms with Crippen LogP contribution in [-0.4, -0.2) is 44.3 Å². The van der Waals surface area contributed by atoms with E-state index in [1.807, 2.05) is 0 Å². The lowest BCUT2D eigenvalue weighted by Gasteiger charge is -2.15. The lowest BCUT2D eigenvalue weighted by atomic mass is 9.94. The summed E-state index contributed by atoms with van der Waals surface area (Å²) in [4.78, 5) is 47.0. The van der Waals surface area contributed by atoms with Gasteiger partial charge in [-0.1, -0.05) is 96.5 Å². The minimum Gasteiger partial charge on any atom is -0.478 e. The molecule has 7 aromatic rings. The Morgan fingerprint density at radius 3 is 0.924 bits per heavy atom. The minimum absolute atomic E-state index is 0.0575. The molecule has 0 bridgehead atoms. The number of carboxylic acids is 4. The predicted molar refractivity (Wildman–Crippen MR) is 231 cm³/mol. The minimum atomic E-state index is -5.30. The molecule has 0 fully saturated rings. The van der Waals surface area contributed by atoms with Crippen molar-refractivity contribution in [2.75, 3.05) is 0 Å². The van der Waals surface area contributed by atoms with Crippen molar-refractivity contribution in [1.82, 2.24) is 0 Å². The van der Waals surface area contributed by atoms with Gasteiger partial charge < -0.3 is 20.4 Å². The van der Waals surface area contributed by atoms with Crippen molar-refractivity contribution in [3.63, 3.8) is 0 Å². The summed E-state index contributed by atoms with van der Waals surface area (Å²) in [7, 11) is 0. The summed E-state index contributed by atoms with van der Waals surface area (Å²) in [6.45, 7) is 0. The van der Waals surface area contributed by atoms with Crippen LogP contribution in [0.4, 0.5) is 26.3 Å². The number of rotatable bonds is 8. The van der Waals surface area contributed by atoms with Gasteiger partial charge in [0.25, 0.3) is 0 Å². The smallest absolute Gasteiger partial charge is 0.417 e. The topological polar surface area (TPSA) is 149 Å². The molecule has 0 aliphatic heterocycles. The molecule has 4 N–H and O–H groups in total. The van der Waals surface area contributed by atoms with Crippen molar-refractivity contribution < 1.29 is 65.9 Å². The normalized spacial score (nSPS) is 11.1. The SMILES string of the molecule is O=C(O)c1ccc(-c2cccc(-c3ccc(C(=O)O)c(C#Cc4cc(C(F)(F)F)c(C#Cc5cc(-c6cccc(-c7ccc(C(=O)O)cc7)c6)ccc5C(=O)O)cc4C(F)(F)F)c3)c2)cc1. The molecule has 66 heavy (non-hydrogen) atoms. The van der Waals surface area contributed by atoms with Gasteiger partial charge in [0.2, 0.25) is 0 Å². The molecular formula is C52H28F6O8. The first-order valence-corrected chi connectivity index (χ1v) is 19.3. The lowest BCUT2D eigenvalue weighted by molar-refractivity contribution is -0.141. The molecule has 8 nitrogen and oxygen atoms in total. The van der Waals surface area contributed by atoms with Gasteiger partial charge in [-0.3, -0.25) is 0 Å². The maximum Gasteiger partial charge on any atom is 0.417 e. The van der Waals surface area contributed by atoms with E-state index in [2.05, 4.69) is 23.7 Å². The molecule has 14 heteroatoms. The molecule has 7 aromatic carbocycles. The summed E-state index contributed by atoms with van der Waals surface area (Å²) in [6.07, 6.45) is -10.6. The van der Waals surface area contributed by atoms with E-state index in [4.69, 9.17) is 0 Å². The average Bonchev–Trinajstić information content (AvgIpc) is 3.29. The fourth-order valence-electron chi connectivity index (χ4n) is 6.94. The molecule has 0 heterocycles. The average molecular weight is 895 g/mol. The van der Waals surface area contributed by atoms with E-state index in [1.165, 1.54) is 48.5 Å². The van der Waals surface area contributed by atoms with Crippen molar-refractivity contribution in [2.24, 2.45) is 0 Å². The second-order valence-electron chi connectivity index (χ2n) is 14.5. The third-order valence-corrected chi connectivity index (χ3v) is 10.3. The zero-order chi connectivity index (χ0) is 47.5. The van der Waals surface area contributed by atoms with Crippen LogP contribution in [0.3, 0.4) is 0 Å². The third-order valence-electron chi connectivity index (χ3n) is 10.3. The van der Waals surface area contributed by atoms with Gasteiger partial charge >= 0.3 is 36.2 Å². The number of aromatic carboxylic acids is 4. The summed E-state index contributed by atoms with van der Waals surface area (Å²) in [5, 5.41) is 38.3. The fraction of sp³-hybridized carbons (Fsp3) is 0.0385. The molecule has 0 saturated heterocycles. The first-order valence-electron chi connectivity index (χ1n) is 19.3. The van der Waals surface area contributed by atoms with Crippen LogP contribution in [-0.2, 0) is 12.4 Å². The number of hydrogen-bond acceptors (Lipinski definition) is 4. The van der Waals surface area contributed by atoms with Gasteiger partial charge in [-0.2, -0.15) is 26.3 Å². The fourth-order valence-corrected chi connectivity index (χ4v) is 6.94. The molecule has 326 valence electrons. The van der Waals surface area contributed by atoms with E-state index >= 15 is 0 Å². The van der Waals surface area contributed by atoms with Crippen LogP contribution in [0.1, 0.15) is 74.8 Å². The molecule has 0 atom stereocenters. The Bertz CT molecular complexity index is 3020. The number of halogens is 6. The van der Waals surface area contributed by atoms with E-state index in [-0.39, 0.29) is 34.4 Å². The molecule has 0 aromatic heterocycles. The highest BCUT2D eigenvalue weighted by atomic mass is 19.4. The highest BCUT2D eigenvalue weighted by Gasteiger charge is 2.39. The van der Waals surface area contributed by atoms with Crippen LogP contribution >= 0.6 is 0 Å². The second-order valence-corrected chi connectivity index (χ2v) is 14.5. The molecule has 0 radical (unpaired) electrons. The standard InChI is InChI=1S/C52H28F6O8/c53-51(54,55)45-28-42(18-16-40-26-38(20-22-44(40)50(65)66)36-6-2-4-34(24-36)30-9-13-32(14-10-30)48(61)62)46(52(56,57)58)27-41(45)17-15-39-25-37(19-21-43(39)49(63)64)35-5-1-3-33(23-35)29-7-11-31(12-8-29)47(59)60/h1-14,19-28H,(H,59,60)(H,61,62)(H,63,64)(H,65,66). The first-order chi connectivity index (χ1) is 31.3. The Morgan fingerprint density at radius 2 is 0.621 bits per heavy atom. The van der Waals surface area contributed by atoms with Crippen LogP contribution in [0.15, 0.2) is 146 Å². The molecule has 0 saturated carbocycles. The van der Waals surface area contributed by atoms with Gasteiger partial charge in [-0.15, -0.1) is 0 Å². The molecule has 7 rings (SSSR count). The van der Waals surface area contributed by atoms with Crippen molar-refractivity contribution in [1.29, 1.82) is 0 Å². The van der Waals surface area contributed by atoms with Crippen LogP contribution < -0.4 is 0 Å². The first kappa shape index (κ1) is 45.2. The van der Waals surface area contributed by atoms with E-state index in [0.29, 0.717) is 44.5 Å². The largest absolute Gasteiger partial charge is 0.478 e. The van der Waals surface area contributed by atoms with E-state index in [9.17, 15) is 65.9 Å². The van der Waals surface area contributed by atoms with Crippen LogP contribution in [0, 0.1) is 23.7 Å². The number of alkyl halides is 6. The van der Waals surface area contributed by atoms with Crippen molar-refractivity contribution in [3.05, 3.63) is 201 Å². The monoisotopic (exact) mass is 894 g/mol. The summed E-state index contributed by atoms with van der Waals surface area (Å²) in [5.74, 6) is 3.64. The van der Waals surface area contributed by atoms with Crippen molar-refractivity contribution in [3.8, 4) is 68.2 Å². The molecule has 0 aliphatic rings. The second kappa shape index (κ2) is 18.1. The number of carboxylic acid groups (broad SMARTS) is 4. The summed E-state index contributed by atoms with van der Waals surface area (Å²) in [5.41, 5.74) is -2.67. The molecular weight excluding hydrogens is 867 g/mol. The van der Waals surface area contributed by atoms with E-state index in [0.717, 1.165) is 12.1 Å². The lowest BCUT2D eigenvalue weighted by Crippen LogP contribution is -2.14. The Labute approximate surface area is 370 Å². The maximum absolute atomic E-state index is 14.7. The van der Waals surface area contributed by atoms with Crippen LogP contribution in [0.25, 0.3) is 44.5 Å². The van der Waals surface area contributed by atoms with Gasteiger partial charge in [0, 0.05) is 22.3 Å². The molecule has 0 spiro atoms. The van der Waals surface area contributed by atoms with Crippen LogP contribution in [0.2, 0.25) is 0 Å². The van der Waals surface area contributed by atoms with Gasteiger partial charge in [0.1, 0.15) is 0 Å². The van der Waals surface area contributed by atoms with Crippen LogP contribution in [0.5, 0.6) is 0 Å². The highest BCUT2D eigenvalue weighted by molar-refractivity contribution is 5.93. The zero-order valence-electron chi connectivity index (χ0n) is 33.5. The Hall–Kier alpha value is -8.88. The summed E-state index contributed by atoms with van der Waals surface area (Å²) in [6, 6.07) is 33.4. The van der Waals surface area contributed by atoms with Gasteiger partial charge in [0.15, 0.2) is 0 Å². The molecule has 0 amide bonds. The van der Waals surface area contributed by atoms with E-state index in [1.54, 1.807) is 72.8 Å². The Balaban J connectivity index is 1.29. The highest BCUT2D eigenvalue weighted by Crippen LogP contribution is 2.39. The summed E-state index contributed by atoms with van der Waals surface area (Å²) < 4.78 is 88.0. The Kier molecular flexibility index (Phi) is 12.4.